The Morgan fingerprint density at radius 2 is 1.94 bits per heavy atom. The molecular weight excluding hydrogens is 228 g/mol. The van der Waals surface area contributed by atoms with E-state index in [0.717, 1.165) is 0 Å². The average Bonchev–Trinajstić information content (AvgIpc) is 2.64. The number of nitrogens with zero attached hydrogens (tertiary/aromatic N) is 2. The van der Waals surface area contributed by atoms with Crippen molar-refractivity contribution in [3.05, 3.63) is 35.9 Å². The largest absolute Gasteiger partial charge is 0.372 e. The number of hydrazine groups is 1. The zero-order chi connectivity index (χ0) is 13.3. The van der Waals surface area contributed by atoms with Crippen molar-refractivity contribution >= 4 is 5.91 Å². The molecule has 4 nitrogen and oxygen atoms in total. The lowest BCUT2D eigenvalue weighted by molar-refractivity contribution is -0.0780. The van der Waals surface area contributed by atoms with Gasteiger partial charge in [0.25, 0.3) is 5.91 Å². The van der Waals surface area contributed by atoms with Crippen LogP contribution in [0.4, 0.5) is 0 Å². The van der Waals surface area contributed by atoms with Crippen molar-refractivity contribution in [2.75, 3.05) is 0 Å². The van der Waals surface area contributed by atoms with Crippen molar-refractivity contribution in [1.82, 2.24) is 10.0 Å². The third-order valence-corrected chi connectivity index (χ3v) is 3.29. The molecule has 1 fully saturated rings. The van der Waals surface area contributed by atoms with Crippen LogP contribution in [0.25, 0.3) is 0 Å². The Bertz CT molecular complexity index is 419. The van der Waals surface area contributed by atoms with E-state index in [-0.39, 0.29) is 18.0 Å². The number of hydrogen-bond donors (Lipinski definition) is 1. The van der Waals surface area contributed by atoms with Gasteiger partial charge in [-0.3, -0.25) is 4.79 Å². The fourth-order valence-corrected chi connectivity index (χ4v) is 2.59. The monoisotopic (exact) mass is 248 g/mol. The lowest BCUT2D eigenvalue weighted by Crippen LogP contribution is -2.50. The van der Waals surface area contributed by atoms with E-state index in [1.165, 1.54) is 5.01 Å². The van der Waals surface area contributed by atoms with E-state index >= 15 is 0 Å². The van der Waals surface area contributed by atoms with Crippen LogP contribution in [0.5, 0.6) is 0 Å². The molecule has 1 aromatic rings. The van der Waals surface area contributed by atoms with Gasteiger partial charge in [-0.05, 0) is 32.9 Å². The van der Waals surface area contributed by atoms with E-state index in [9.17, 15) is 9.90 Å². The molecule has 1 N–H and O–H groups in total. The molecule has 0 bridgehead atoms. The number of carbonyl (C=O) groups excluding carboxylic acids is 1. The number of aliphatic hydroxyl groups excluding tert-OH is 1. The zero-order valence-electron chi connectivity index (χ0n) is 11.1. The molecule has 1 amide bonds. The molecule has 4 heteroatoms. The molecular formula is C14H20N2O2. The first-order valence-corrected chi connectivity index (χ1v) is 6.37. The Balaban J connectivity index is 2.28. The van der Waals surface area contributed by atoms with Crippen molar-refractivity contribution in [2.24, 2.45) is 0 Å². The molecule has 1 aliphatic heterocycles. The molecule has 0 aliphatic carbocycles. The summed E-state index contributed by atoms with van der Waals surface area (Å²) in [7, 11) is 0. The van der Waals surface area contributed by atoms with Gasteiger partial charge in [-0.15, -0.1) is 0 Å². The van der Waals surface area contributed by atoms with Crippen LogP contribution in [-0.4, -0.2) is 39.3 Å². The van der Waals surface area contributed by atoms with E-state index in [0.29, 0.717) is 12.0 Å². The second-order valence-electron chi connectivity index (χ2n) is 5.05. The standard InChI is InChI=1S/C14H20N2O2/c1-10(2)15-11(3)9-13(17)16(15)14(18)12-7-5-4-6-8-12/h4-8,10-11,13,17H,9H2,1-3H3/t11-,13-/m0/s1. The maximum absolute atomic E-state index is 12.4. The quantitative estimate of drug-likeness (QED) is 0.869. The van der Waals surface area contributed by atoms with E-state index in [2.05, 4.69) is 0 Å². The van der Waals surface area contributed by atoms with Crippen LogP contribution >= 0.6 is 0 Å². The molecule has 0 radical (unpaired) electrons. The first-order valence-electron chi connectivity index (χ1n) is 6.37. The average molecular weight is 248 g/mol. The highest BCUT2D eigenvalue weighted by Crippen LogP contribution is 2.27. The Hall–Kier alpha value is -1.39. The zero-order valence-corrected chi connectivity index (χ0v) is 11.1. The lowest BCUT2D eigenvalue weighted by Gasteiger charge is -2.35. The summed E-state index contributed by atoms with van der Waals surface area (Å²) < 4.78 is 0. The van der Waals surface area contributed by atoms with Gasteiger partial charge in [0.15, 0.2) is 0 Å². The topological polar surface area (TPSA) is 43.8 Å². The van der Waals surface area contributed by atoms with Gasteiger partial charge in [0.2, 0.25) is 0 Å². The second kappa shape index (κ2) is 5.08. The van der Waals surface area contributed by atoms with Crippen LogP contribution in [0.2, 0.25) is 0 Å². The van der Waals surface area contributed by atoms with Gasteiger partial charge < -0.3 is 5.11 Å². The van der Waals surface area contributed by atoms with E-state index in [4.69, 9.17) is 0 Å². The molecule has 1 aromatic carbocycles. The molecule has 2 rings (SSSR count). The van der Waals surface area contributed by atoms with Gasteiger partial charge in [0.1, 0.15) is 6.23 Å². The smallest absolute Gasteiger partial charge is 0.270 e. The summed E-state index contributed by atoms with van der Waals surface area (Å²) in [6.07, 6.45) is -0.133. The van der Waals surface area contributed by atoms with Gasteiger partial charge in [-0.2, -0.15) is 0 Å². The van der Waals surface area contributed by atoms with Crippen LogP contribution in [0, 0.1) is 0 Å². The third kappa shape index (κ3) is 2.26. The molecule has 98 valence electrons. The molecule has 0 aromatic heterocycles. The predicted molar refractivity (Wildman–Crippen MR) is 69.7 cm³/mol. The van der Waals surface area contributed by atoms with Gasteiger partial charge in [-0.25, -0.2) is 10.0 Å². The number of amides is 1. The fraction of sp³-hybridized carbons (Fsp3) is 0.500. The van der Waals surface area contributed by atoms with Crippen LogP contribution in [0.15, 0.2) is 30.3 Å². The summed E-state index contributed by atoms with van der Waals surface area (Å²) in [6.45, 7) is 6.08. The summed E-state index contributed by atoms with van der Waals surface area (Å²) in [6, 6.07) is 9.45. The lowest BCUT2D eigenvalue weighted by atomic mass is 10.2. The van der Waals surface area contributed by atoms with Crippen molar-refractivity contribution < 1.29 is 9.90 Å². The molecule has 1 aliphatic rings. The van der Waals surface area contributed by atoms with Crippen LogP contribution in [0.3, 0.4) is 0 Å². The van der Waals surface area contributed by atoms with Gasteiger partial charge in [-0.1, -0.05) is 18.2 Å². The third-order valence-electron chi connectivity index (χ3n) is 3.29. The maximum atomic E-state index is 12.4. The summed E-state index contributed by atoms with van der Waals surface area (Å²) >= 11 is 0. The number of hydrogen-bond acceptors (Lipinski definition) is 3. The first kappa shape index (κ1) is 13.1. The number of rotatable bonds is 2. The highest BCUT2D eigenvalue weighted by atomic mass is 16.3. The van der Waals surface area contributed by atoms with Gasteiger partial charge >= 0.3 is 0 Å². The van der Waals surface area contributed by atoms with E-state index < -0.39 is 6.23 Å². The van der Waals surface area contributed by atoms with E-state index in [1.54, 1.807) is 12.1 Å². The maximum Gasteiger partial charge on any atom is 0.270 e. The molecule has 2 atom stereocenters. The number of carbonyl (C=O) groups is 1. The summed E-state index contributed by atoms with van der Waals surface area (Å²) in [5, 5.41) is 13.5. The second-order valence-corrected chi connectivity index (χ2v) is 5.05. The van der Waals surface area contributed by atoms with Crippen LogP contribution < -0.4 is 0 Å². The Kier molecular flexibility index (Phi) is 3.68. The highest BCUT2D eigenvalue weighted by Gasteiger charge is 2.40. The predicted octanol–water partition coefficient (Wildman–Crippen LogP) is 1.86. The highest BCUT2D eigenvalue weighted by molar-refractivity contribution is 5.94. The molecule has 0 unspecified atom stereocenters. The fourth-order valence-electron chi connectivity index (χ4n) is 2.59. The minimum Gasteiger partial charge on any atom is -0.372 e. The molecule has 18 heavy (non-hydrogen) atoms. The van der Waals surface area contributed by atoms with Crippen molar-refractivity contribution in [3.63, 3.8) is 0 Å². The molecule has 1 saturated heterocycles. The summed E-state index contributed by atoms with van der Waals surface area (Å²) in [4.78, 5) is 12.4. The molecule has 0 spiro atoms. The van der Waals surface area contributed by atoms with Crippen molar-refractivity contribution in [1.29, 1.82) is 0 Å². The normalized spacial score (nSPS) is 24.8. The van der Waals surface area contributed by atoms with Crippen molar-refractivity contribution in [3.8, 4) is 0 Å². The Morgan fingerprint density at radius 1 is 1.33 bits per heavy atom. The van der Waals surface area contributed by atoms with E-state index in [1.807, 2.05) is 44.0 Å². The SMILES string of the molecule is CC(C)N1[C@@H](C)C[C@H](O)N1C(=O)c1ccccc1. The van der Waals surface area contributed by atoms with Crippen LogP contribution in [0.1, 0.15) is 37.6 Å². The minimum absolute atomic E-state index is 0.138. The number of benzene rings is 1. The summed E-state index contributed by atoms with van der Waals surface area (Å²) in [5.74, 6) is -0.138. The minimum atomic E-state index is -0.727. The number of aliphatic hydroxyl groups is 1. The van der Waals surface area contributed by atoms with Gasteiger partial charge in [0, 0.05) is 24.1 Å². The Morgan fingerprint density at radius 3 is 2.50 bits per heavy atom. The van der Waals surface area contributed by atoms with Crippen LogP contribution in [-0.2, 0) is 0 Å². The summed E-state index contributed by atoms with van der Waals surface area (Å²) in [5.41, 5.74) is 0.608. The first-order chi connectivity index (χ1) is 8.52. The molecule has 1 heterocycles. The molecule has 0 saturated carbocycles. The van der Waals surface area contributed by atoms with Gasteiger partial charge in [0.05, 0.1) is 0 Å². The van der Waals surface area contributed by atoms with Crippen molar-refractivity contribution in [2.45, 2.75) is 45.5 Å². The Labute approximate surface area is 108 Å².